The Morgan fingerprint density at radius 1 is 1.37 bits per heavy atom. The van der Waals surface area contributed by atoms with Gasteiger partial charge in [-0.1, -0.05) is 26.7 Å². The number of aliphatic hydroxyl groups excluding tert-OH is 1. The highest BCUT2D eigenvalue weighted by Crippen LogP contribution is 2.24. The molecule has 0 aromatic rings. The zero-order chi connectivity index (χ0) is 14.4. The summed E-state index contributed by atoms with van der Waals surface area (Å²) in [6.07, 6.45) is 5.04. The molecule has 1 amide bonds. The van der Waals surface area contributed by atoms with Crippen LogP contribution in [0.5, 0.6) is 0 Å². The first-order chi connectivity index (χ1) is 8.95. The Morgan fingerprint density at radius 2 is 2.00 bits per heavy atom. The van der Waals surface area contributed by atoms with E-state index < -0.39 is 0 Å². The van der Waals surface area contributed by atoms with Crippen molar-refractivity contribution in [1.82, 2.24) is 4.90 Å². The Hall–Kier alpha value is -0.610. The van der Waals surface area contributed by atoms with Gasteiger partial charge in [0.2, 0.25) is 5.91 Å². The van der Waals surface area contributed by atoms with E-state index >= 15 is 0 Å². The fourth-order valence-corrected chi connectivity index (χ4v) is 3.05. The summed E-state index contributed by atoms with van der Waals surface area (Å²) in [5.41, 5.74) is 5.76. The maximum absolute atomic E-state index is 12.3. The van der Waals surface area contributed by atoms with Gasteiger partial charge in [-0.15, -0.1) is 0 Å². The summed E-state index contributed by atoms with van der Waals surface area (Å²) in [6.45, 7) is 4.87. The Labute approximate surface area is 117 Å². The number of hydrogen-bond acceptors (Lipinski definition) is 3. The van der Waals surface area contributed by atoms with Crippen LogP contribution >= 0.6 is 0 Å². The molecule has 0 bridgehead atoms. The quantitative estimate of drug-likeness (QED) is 0.773. The normalized spacial score (nSPS) is 25.4. The predicted molar refractivity (Wildman–Crippen MR) is 77.6 cm³/mol. The molecule has 1 aliphatic rings. The standard InChI is InChI=1S/C15H30N2O2/c1-11(2)8-12(10-16)9-15(19)17(3)13-6-4-5-7-14(13)18/h11-14,18H,4-10,16H2,1-3H3/t12-,13?,14?/m0/s1. The van der Waals surface area contributed by atoms with E-state index in [0.29, 0.717) is 18.9 Å². The van der Waals surface area contributed by atoms with Gasteiger partial charge in [-0.2, -0.15) is 0 Å². The Morgan fingerprint density at radius 3 is 2.53 bits per heavy atom. The number of nitrogens with two attached hydrogens (primary N) is 1. The zero-order valence-electron chi connectivity index (χ0n) is 12.6. The molecule has 0 aromatic heterocycles. The van der Waals surface area contributed by atoms with Gasteiger partial charge in [-0.3, -0.25) is 4.79 Å². The highest BCUT2D eigenvalue weighted by Gasteiger charge is 2.30. The maximum Gasteiger partial charge on any atom is 0.222 e. The molecule has 2 unspecified atom stereocenters. The highest BCUT2D eigenvalue weighted by atomic mass is 16.3. The second kappa shape index (κ2) is 7.85. The van der Waals surface area contributed by atoms with E-state index in [-0.39, 0.29) is 24.0 Å². The molecule has 4 heteroatoms. The number of amides is 1. The van der Waals surface area contributed by atoms with E-state index in [9.17, 15) is 9.90 Å². The third kappa shape index (κ3) is 5.11. The van der Waals surface area contributed by atoms with Crippen LogP contribution in [0.15, 0.2) is 0 Å². The second-order valence-electron chi connectivity index (χ2n) is 6.36. The van der Waals surface area contributed by atoms with Gasteiger partial charge >= 0.3 is 0 Å². The Bertz CT molecular complexity index is 281. The molecule has 0 aromatic carbocycles. The van der Waals surface area contributed by atoms with Crippen LogP contribution in [0.25, 0.3) is 0 Å². The second-order valence-corrected chi connectivity index (χ2v) is 6.36. The third-order valence-electron chi connectivity index (χ3n) is 4.19. The van der Waals surface area contributed by atoms with E-state index in [0.717, 1.165) is 32.1 Å². The van der Waals surface area contributed by atoms with E-state index in [1.807, 2.05) is 7.05 Å². The summed E-state index contributed by atoms with van der Waals surface area (Å²) in [7, 11) is 1.82. The van der Waals surface area contributed by atoms with Gasteiger partial charge in [-0.05, 0) is 37.6 Å². The van der Waals surface area contributed by atoms with Crippen LogP contribution in [0.4, 0.5) is 0 Å². The number of carbonyl (C=O) groups is 1. The fourth-order valence-electron chi connectivity index (χ4n) is 3.05. The molecule has 3 N–H and O–H groups in total. The molecular weight excluding hydrogens is 240 g/mol. The van der Waals surface area contributed by atoms with Crippen molar-refractivity contribution in [2.24, 2.45) is 17.6 Å². The van der Waals surface area contributed by atoms with Gasteiger partial charge in [0.1, 0.15) is 0 Å². The lowest BCUT2D eigenvalue weighted by Crippen LogP contribution is -2.47. The lowest BCUT2D eigenvalue weighted by Gasteiger charge is -2.36. The first-order valence-electron chi connectivity index (χ1n) is 7.59. The van der Waals surface area contributed by atoms with Crippen molar-refractivity contribution >= 4 is 5.91 Å². The van der Waals surface area contributed by atoms with Gasteiger partial charge in [-0.25, -0.2) is 0 Å². The smallest absolute Gasteiger partial charge is 0.222 e. The van der Waals surface area contributed by atoms with Gasteiger partial charge in [0, 0.05) is 13.5 Å². The summed E-state index contributed by atoms with van der Waals surface area (Å²) in [5, 5.41) is 10.0. The molecule has 3 atom stereocenters. The number of aliphatic hydroxyl groups is 1. The minimum atomic E-state index is -0.357. The molecule has 1 rings (SSSR count). The van der Waals surface area contributed by atoms with Crippen LogP contribution in [-0.4, -0.2) is 41.7 Å². The highest BCUT2D eigenvalue weighted by molar-refractivity contribution is 5.76. The first-order valence-corrected chi connectivity index (χ1v) is 7.59. The molecule has 0 heterocycles. The van der Waals surface area contributed by atoms with E-state index in [4.69, 9.17) is 5.73 Å². The number of hydrogen-bond donors (Lipinski definition) is 2. The molecule has 1 aliphatic carbocycles. The largest absolute Gasteiger partial charge is 0.391 e. The summed E-state index contributed by atoms with van der Waals surface area (Å²) in [4.78, 5) is 14.1. The number of carbonyl (C=O) groups excluding carboxylic acids is 1. The number of nitrogens with zero attached hydrogens (tertiary/aromatic N) is 1. The molecule has 0 radical (unpaired) electrons. The molecule has 19 heavy (non-hydrogen) atoms. The third-order valence-corrected chi connectivity index (χ3v) is 4.19. The predicted octanol–water partition coefficient (Wildman–Crippen LogP) is 1.76. The zero-order valence-corrected chi connectivity index (χ0v) is 12.6. The van der Waals surface area contributed by atoms with Crippen LogP contribution < -0.4 is 5.73 Å². The Balaban J connectivity index is 2.50. The average Bonchev–Trinajstić information content (AvgIpc) is 2.37. The van der Waals surface area contributed by atoms with Crippen molar-refractivity contribution in [2.45, 2.75) is 64.5 Å². The molecule has 1 saturated carbocycles. The van der Waals surface area contributed by atoms with Gasteiger partial charge in [0.15, 0.2) is 0 Å². The molecule has 0 saturated heterocycles. The van der Waals surface area contributed by atoms with E-state index in [1.54, 1.807) is 4.90 Å². The number of likely N-dealkylation sites (N-methyl/N-ethyl adjacent to an activating group) is 1. The first kappa shape index (κ1) is 16.4. The van der Waals surface area contributed by atoms with Crippen LogP contribution in [-0.2, 0) is 4.79 Å². The average molecular weight is 270 g/mol. The van der Waals surface area contributed by atoms with Crippen LogP contribution in [0.1, 0.15) is 52.4 Å². The van der Waals surface area contributed by atoms with E-state index in [1.165, 1.54) is 0 Å². The van der Waals surface area contributed by atoms with Crippen LogP contribution in [0.3, 0.4) is 0 Å². The van der Waals surface area contributed by atoms with Crippen molar-refractivity contribution in [1.29, 1.82) is 0 Å². The lowest BCUT2D eigenvalue weighted by atomic mass is 9.90. The molecule has 112 valence electrons. The van der Waals surface area contributed by atoms with Crippen molar-refractivity contribution in [3.8, 4) is 0 Å². The summed E-state index contributed by atoms with van der Waals surface area (Å²) < 4.78 is 0. The summed E-state index contributed by atoms with van der Waals surface area (Å²) in [5.74, 6) is 0.949. The molecular formula is C15H30N2O2. The number of rotatable bonds is 6. The molecule has 0 aliphatic heterocycles. The van der Waals surface area contributed by atoms with Crippen LogP contribution in [0.2, 0.25) is 0 Å². The SMILES string of the molecule is CC(C)C[C@H](CN)CC(=O)N(C)C1CCCCC1O. The van der Waals surface area contributed by atoms with Crippen molar-refractivity contribution in [3.05, 3.63) is 0 Å². The van der Waals surface area contributed by atoms with E-state index in [2.05, 4.69) is 13.8 Å². The summed E-state index contributed by atoms with van der Waals surface area (Å²) >= 11 is 0. The molecule has 0 spiro atoms. The summed E-state index contributed by atoms with van der Waals surface area (Å²) in [6, 6.07) is -0.00118. The lowest BCUT2D eigenvalue weighted by molar-refractivity contribution is -0.136. The minimum absolute atomic E-state index is 0.00118. The van der Waals surface area contributed by atoms with Crippen molar-refractivity contribution < 1.29 is 9.90 Å². The van der Waals surface area contributed by atoms with Gasteiger partial charge in [0.25, 0.3) is 0 Å². The van der Waals surface area contributed by atoms with Gasteiger partial charge in [0.05, 0.1) is 12.1 Å². The minimum Gasteiger partial charge on any atom is -0.391 e. The van der Waals surface area contributed by atoms with Crippen molar-refractivity contribution in [2.75, 3.05) is 13.6 Å². The molecule has 1 fully saturated rings. The van der Waals surface area contributed by atoms with Gasteiger partial charge < -0.3 is 15.7 Å². The Kier molecular flexibility index (Phi) is 6.80. The topological polar surface area (TPSA) is 66.6 Å². The van der Waals surface area contributed by atoms with Crippen LogP contribution in [0, 0.1) is 11.8 Å². The fraction of sp³-hybridized carbons (Fsp3) is 0.933. The maximum atomic E-state index is 12.3. The monoisotopic (exact) mass is 270 g/mol. The van der Waals surface area contributed by atoms with Crippen molar-refractivity contribution in [3.63, 3.8) is 0 Å². The molecule has 4 nitrogen and oxygen atoms in total.